The number of carbonyl (C=O) groups is 1. The average Bonchev–Trinajstić information content (AvgIpc) is 2.66. The van der Waals surface area contributed by atoms with Gasteiger partial charge in [-0.25, -0.2) is 4.98 Å². The molecular formula is C19H26N4O2. The molecule has 1 aromatic carbocycles. The van der Waals surface area contributed by atoms with E-state index in [-0.39, 0.29) is 5.91 Å². The van der Waals surface area contributed by atoms with Gasteiger partial charge in [0.2, 0.25) is 0 Å². The summed E-state index contributed by atoms with van der Waals surface area (Å²) in [5.41, 5.74) is 1.51. The molecule has 2 aromatic rings. The summed E-state index contributed by atoms with van der Waals surface area (Å²) in [6.07, 6.45) is 0.916. The molecule has 6 heteroatoms. The maximum atomic E-state index is 12.5. The lowest BCUT2D eigenvalue weighted by Crippen LogP contribution is -2.39. The second-order valence-electron chi connectivity index (χ2n) is 6.21. The van der Waals surface area contributed by atoms with Crippen LogP contribution in [0.3, 0.4) is 0 Å². The molecule has 1 aromatic heterocycles. The zero-order valence-electron chi connectivity index (χ0n) is 14.8. The number of hydrogen-bond acceptors (Lipinski definition) is 5. The minimum absolute atomic E-state index is 0.0447. The van der Waals surface area contributed by atoms with Crippen molar-refractivity contribution in [1.82, 2.24) is 15.2 Å². The number of rotatable bonds is 7. The topological polar surface area (TPSA) is 66.5 Å². The second-order valence-corrected chi connectivity index (χ2v) is 6.21. The van der Waals surface area contributed by atoms with Gasteiger partial charge in [-0.1, -0.05) is 25.1 Å². The molecule has 0 saturated carbocycles. The highest BCUT2D eigenvalue weighted by atomic mass is 16.5. The van der Waals surface area contributed by atoms with Crippen molar-refractivity contribution in [2.75, 3.05) is 51.3 Å². The van der Waals surface area contributed by atoms with Crippen molar-refractivity contribution in [3.8, 4) is 0 Å². The zero-order chi connectivity index (χ0) is 17.5. The van der Waals surface area contributed by atoms with Gasteiger partial charge in [-0.05, 0) is 18.6 Å². The van der Waals surface area contributed by atoms with Gasteiger partial charge in [0.1, 0.15) is 5.82 Å². The number of ether oxygens (including phenoxy) is 1. The van der Waals surface area contributed by atoms with Gasteiger partial charge in [0, 0.05) is 38.1 Å². The van der Waals surface area contributed by atoms with E-state index in [4.69, 9.17) is 4.74 Å². The van der Waals surface area contributed by atoms with Gasteiger partial charge in [0.25, 0.3) is 5.91 Å². The third-order valence-electron chi connectivity index (χ3n) is 4.33. The smallest absolute Gasteiger partial charge is 0.252 e. The predicted molar refractivity (Wildman–Crippen MR) is 100 cm³/mol. The normalized spacial score (nSPS) is 15.2. The molecule has 1 aliphatic heterocycles. The highest BCUT2D eigenvalue weighted by Gasteiger charge is 2.13. The van der Waals surface area contributed by atoms with E-state index in [0.29, 0.717) is 12.1 Å². The van der Waals surface area contributed by atoms with Crippen molar-refractivity contribution in [2.24, 2.45) is 0 Å². The average molecular weight is 342 g/mol. The van der Waals surface area contributed by atoms with Crippen molar-refractivity contribution < 1.29 is 9.53 Å². The molecule has 3 rings (SSSR count). The van der Waals surface area contributed by atoms with E-state index in [9.17, 15) is 4.79 Å². The summed E-state index contributed by atoms with van der Waals surface area (Å²) >= 11 is 0. The Morgan fingerprint density at radius 1 is 1.24 bits per heavy atom. The fraction of sp³-hybridized carbons (Fsp3) is 0.474. The molecule has 0 unspecified atom stereocenters. The number of fused-ring (bicyclic) bond motifs is 1. The summed E-state index contributed by atoms with van der Waals surface area (Å²) in [4.78, 5) is 19.5. The van der Waals surface area contributed by atoms with Gasteiger partial charge in [-0.2, -0.15) is 0 Å². The number of amides is 1. The van der Waals surface area contributed by atoms with Crippen LogP contribution < -0.4 is 10.6 Å². The molecule has 0 radical (unpaired) electrons. The van der Waals surface area contributed by atoms with E-state index < -0.39 is 0 Å². The number of aromatic nitrogens is 1. The number of morpholine rings is 1. The fourth-order valence-electron chi connectivity index (χ4n) is 2.95. The third-order valence-corrected chi connectivity index (χ3v) is 4.33. The van der Waals surface area contributed by atoms with Crippen molar-refractivity contribution in [2.45, 2.75) is 13.3 Å². The Kier molecular flexibility index (Phi) is 6.19. The van der Waals surface area contributed by atoms with E-state index >= 15 is 0 Å². The van der Waals surface area contributed by atoms with Crippen LogP contribution in [0.25, 0.3) is 10.9 Å². The van der Waals surface area contributed by atoms with Gasteiger partial charge in [-0.3, -0.25) is 9.69 Å². The van der Waals surface area contributed by atoms with Gasteiger partial charge in [0.15, 0.2) is 0 Å². The molecule has 134 valence electrons. The van der Waals surface area contributed by atoms with E-state index in [2.05, 4.69) is 20.5 Å². The van der Waals surface area contributed by atoms with Gasteiger partial charge in [0.05, 0.1) is 24.3 Å². The van der Waals surface area contributed by atoms with Crippen molar-refractivity contribution in [3.63, 3.8) is 0 Å². The first-order chi connectivity index (χ1) is 12.3. The van der Waals surface area contributed by atoms with Crippen molar-refractivity contribution >= 4 is 22.6 Å². The number of pyridine rings is 1. The Bertz CT molecular complexity index is 714. The molecule has 1 saturated heterocycles. The van der Waals surface area contributed by atoms with E-state index in [1.165, 1.54) is 0 Å². The summed E-state index contributed by atoms with van der Waals surface area (Å²) < 4.78 is 5.37. The maximum Gasteiger partial charge on any atom is 0.252 e. The molecule has 1 aliphatic rings. The second kappa shape index (κ2) is 8.78. The molecule has 0 aliphatic carbocycles. The molecular weight excluding hydrogens is 316 g/mol. The third kappa shape index (κ3) is 4.67. The van der Waals surface area contributed by atoms with E-state index in [1.807, 2.05) is 37.3 Å². The first-order valence-electron chi connectivity index (χ1n) is 9.00. The quantitative estimate of drug-likeness (QED) is 0.807. The van der Waals surface area contributed by atoms with E-state index in [1.54, 1.807) is 0 Å². The van der Waals surface area contributed by atoms with Gasteiger partial charge < -0.3 is 15.4 Å². The Labute approximate surface area is 148 Å². The molecule has 1 amide bonds. The van der Waals surface area contributed by atoms with Crippen LogP contribution >= 0.6 is 0 Å². The lowest BCUT2D eigenvalue weighted by atomic mass is 10.1. The Morgan fingerprint density at radius 2 is 2.04 bits per heavy atom. The molecule has 1 fully saturated rings. The summed E-state index contributed by atoms with van der Waals surface area (Å²) in [5, 5.41) is 7.21. The van der Waals surface area contributed by atoms with Gasteiger partial charge in [-0.15, -0.1) is 0 Å². The molecule has 25 heavy (non-hydrogen) atoms. The minimum Gasteiger partial charge on any atom is -0.379 e. The Hall–Kier alpha value is -2.18. The Morgan fingerprint density at radius 3 is 2.84 bits per heavy atom. The summed E-state index contributed by atoms with van der Waals surface area (Å²) in [6, 6.07) is 9.62. The Balaban J connectivity index is 1.72. The molecule has 2 heterocycles. The highest BCUT2D eigenvalue weighted by Crippen LogP contribution is 2.20. The van der Waals surface area contributed by atoms with Crippen molar-refractivity contribution in [3.05, 3.63) is 35.9 Å². The first kappa shape index (κ1) is 17.6. The summed E-state index contributed by atoms with van der Waals surface area (Å²) in [5.74, 6) is 0.699. The van der Waals surface area contributed by atoms with Crippen LogP contribution in [0, 0.1) is 0 Å². The van der Waals surface area contributed by atoms with Crippen LogP contribution in [0.1, 0.15) is 23.7 Å². The SMILES string of the molecule is CCCNC(=O)c1cc(NCCN2CCOCC2)nc2ccccc12. The van der Waals surface area contributed by atoms with Crippen LogP contribution in [0.15, 0.2) is 30.3 Å². The van der Waals surface area contributed by atoms with Crippen LogP contribution in [-0.2, 0) is 4.74 Å². The maximum absolute atomic E-state index is 12.5. The molecule has 2 N–H and O–H groups in total. The number of nitrogens with zero attached hydrogens (tertiary/aromatic N) is 2. The molecule has 0 atom stereocenters. The molecule has 6 nitrogen and oxygen atoms in total. The molecule has 0 spiro atoms. The van der Waals surface area contributed by atoms with Crippen LogP contribution in [0.2, 0.25) is 0 Å². The van der Waals surface area contributed by atoms with Crippen LogP contribution in [-0.4, -0.2) is 61.7 Å². The lowest BCUT2D eigenvalue weighted by molar-refractivity contribution is 0.0398. The largest absolute Gasteiger partial charge is 0.379 e. The fourth-order valence-corrected chi connectivity index (χ4v) is 2.95. The van der Waals surface area contributed by atoms with Crippen LogP contribution in [0.5, 0.6) is 0 Å². The highest BCUT2D eigenvalue weighted by molar-refractivity contribution is 6.06. The monoisotopic (exact) mass is 342 g/mol. The molecule has 0 bridgehead atoms. The van der Waals surface area contributed by atoms with Gasteiger partial charge >= 0.3 is 0 Å². The number of hydrogen-bond donors (Lipinski definition) is 2. The first-order valence-corrected chi connectivity index (χ1v) is 9.00. The number of para-hydroxylation sites is 1. The summed E-state index contributed by atoms with van der Waals surface area (Å²) in [6.45, 7) is 8.00. The van der Waals surface area contributed by atoms with Crippen molar-refractivity contribution in [1.29, 1.82) is 0 Å². The number of anilines is 1. The number of carbonyl (C=O) groups excluding carboxylic acids is 1. The number of nitrogens with one attached hydrogen (secondary N) is 2. The zero-order valence-corrected chi connectivity index (χ0v) is 14.8. The summed E-state index contributed by atoms with van der Waals surface area (Å²) in [7, 11) is 0. The predicted octanol–water partition coefficient (Wildman–Crippen LogP) is 2.12. The van der Waals surface area contributed by atoms with Crippen LogP contribution in [0.4, 0.5) is 5.82 Å². The lowest BCUT2D eigenvalue weighted by Gasteiger charge is -2.26. The van der Waals surface area contributed by atoms with E-state index in [0.717, 1.165) is 62.5 Å². The minimum atomic E-state index is -0.0447. The standard InChI is InChI=1S/C19H26N4O2/c1-2-7-21-19(24)16-14-18(22-17-6-4-3-5-15(16)17)20-8-9-23-10-12-25-13-11-23/h3-6,14H,2,7-13H2,1H3,(H,20,22)(H,21,24). The number of benzene rings is 1.